The van der Waals surface area contributed by atoms with Gasteiger partial charge in [0.05, 0.1) is 0 Å². The quantitative estimate of drug-likeness (QED) is 0.494. The second kappa shape index (κ2) is 8.55. The first-order valence-electron chi connectivity index (χ1n) is 5.54. The minimum Gasteiger partial charge on any atom is -0.0882 e. The highest BCUT2D eigenvalue weighted by molar-refractivity contribution is 5.07. The summed E-state index contributed by atoms with van der Waals surface area (Å²) in [6.07, 6.45) is 25.5. The highest BCUT2D eigenvalue weighted by Crippen LogP contribution is 2.05. The molecule has 0 fully saturated rings. The van der Waals surface area contributed by atoms with Crippen LogP contribution in [0.3, 0.4) is 0 Å². The lowest BCUT2D eigenvalue weighted by atomic mass is 10.1. The maximum atomic E-state index is 3.12. The number of rotatable bonds is 0. The zero-order valence-electron chi connectivity index (χ0n) is 8.78. The minimum absolute atomic E-state index is 1.04. The van der Waals surface area contributed by atoms with Gasteiger partial charge in [-0.3, -0.25) is 0 Å². The van der Waals surface area contributed by atoms with Gasteiger partial charge in [0.25, 0.3) is 0 Å². The van der Waals surface area contributed by atoms with Crippen molar-refractivity contribution in [2.45, 2.75) is 38.5 Å². The lowest BCUT2D eigenvalue weighted by molar-refractivity contribution is 0.695. The first kappa shape index (κ1) is 11.0. The molecule has 0 amide bonds. The molecule has 1 aliphatic rings. The normalized spacial score (nSPS) is 28.6. The Bertz CT molecular complexity index is 228. The van der Waals surface area contributed by atoms with E-state index < -0.39 is 0 Å². The van der Waals surface area contributed by atoms with Crippen LogP contribution in [-0.4, -0.2) is 0 Å². The summed E-state index contributed by atoms with van der Waals surface area (Å²) < 4.78 is 0. The van der Waals surface area contributed by atoms with E-state index in [9.17, 15) is 0 Å². The topological polar surface area (TPSA) is 0 Å². The van der Waals surface area contributed by atoms with Crippen molar-refractivity contribution in [3.8, 4) is 0 Å². The molecule has 0 aromatic rings. The van der Waals surface area contributed by atoms with Crippen LogP contribution in [0.4, 0.5) is 0 Å². The van der Waals surface area contributed by atoms with Crippen LogP contribution in [0.2, 0.25) is 0 Å². The van der Waals surface area contributed by atoms with Crippen LogP contribution in [-0.2, 0) is 0 Å². The predicted octanol–water partition coefficient (Wildman–Crippen LogP) is 4.37. The Morgan fingerprint density at radius 1 is 0.786 bits per heavy atom. The van der Waals surface area contributed by atoms with Crippen molar-refractivity contribution in [2.75, 3.05) is 0 Å². The SMILES string of the molecule is [C]1=C/C=C\C/C=C\CCCCC\C=C/1. The molecule has 0 saturated heterocycles. The van der Waals surface area contributed by atoms with Gasteiger partial charge >= 0.3 is 0 Å². The van der Waals surface area contributed by atoms with E-state index in [-0.39, 0.29) is 0 Å². The molecule has 0 aromatic heterocycles. The van der Waals surface area contributed by atoms with Crippen LogP contribution in [0.25, 0.3) is 0 Å². The minimum atomic E-state index is 1.04. The number of hydrogen-bond donors (Lipinski definition) is 0. The molecule has 0 N–H and O–H groups in total. The van der Waals surface area contributed by atoms with E-state index in [1.807, 2.05) is 12.2 Å². The molecule has 0 nitrogen and oxygen atoms in total. The average Bonchev–Trinajstić information content (AvgIpc) is 2.22. The summed E-state index contributed by atoms with van der Waals surface area (Å²) >= 11 is 0. The monoisotopic (exact) mass is 187 g/mol. The van der Waals surface area contributed by atoms with Gasteiger partial charge in [0.2, 0.25) is 0 Å². The van der Waals surface area contributed by atoms with Crippen molar-refractivity contribution < 1.29 is 0 Å². The molecule has 0 heteroatoms. The molecule has 0 bridgehead atoms. The Balaban J connectivity index is 2.36. The van der Waals surface area contributed by atoms with Crippen molar-refractivity contribution in [3.63, 3.8) is 0 Å². The van der Waals surface area contributed by atoms with Gasteiger partial charge in [-0.05, 0) is 38.2 Å². The van der Waals surface area contributed by atoms with Crippen LogP contribution in [0.15, 0.2) is 42.5 Å². The maximum Gasteiger partial charge on any atom is -0.0166 e. The largest absolute Gasteiger partial charge is 0.0882 e. The summed E-state index contributed by atoms with van der Waals surface area (Å²) in [5.41, 5.74) is 0. The highest BCUT2D eigenvalue weighted by atomic mass is 13.9. The predicted molar refractivity (Wildman–Crippen MR) is 62.9 cm³/mol. The standard InChI is InChI=1S/C14H19/c1-2-4-6-8-10-12-14-13-11-9-7-5-3-1/h1-3,6-9H,4,10-14H2/b2-1-,5-3?,8-6-,9-7-. The molecule has 14 heavy (non-hydrogen) atoms. The third-order valence-electron chi connectivity index (χ3n) is 2.22. The van der Waals surface area contributed by atoms with Crippen molar-refractivity contribution in [3.05, 3.63) is 48.6 Å². The summed E-state index contributed by atoms with van der Waals surface area (Å²) in [5.74, 6) is 0. The molecule has 1 rings (SSSR count). The van der Waals surface area contributed by atoms with E-state index in [1.54, 1.807) is 0 Å². The number of hydrogen-bond acceptors (Lipinski definition) is 0. The number of allylic oxidation sites excluding steroid dienone is 8. The molecule has 0 aromatic carbocycles. The van der Waals surface area contributed by atoms with Crippen molar-refractivity contribution in [1.82, 2.24) is 0 Å². The lowest BCUT2D eigenvalue weighted by Gasteiger charge is -1.94. The first-order chi connectivity index (χ1) is 7.00. The van der Waals surface area contributed by atoms with Gasteiger partial charge in [-0.2, -0.15) is 0 Å². The van der Waals surface area contributed by atoms with E-state index in [0.29, 0.717) is 0 Å². The van der Waals surface area contributed by atoms with E-state index in [1.165, 1.54) is 32.1 Å². The molecule has 0 atom stereocenters. The smallest absolute Gasteiger partial charge is 0.0166 e. The van der Waals surface area contributed by atoms with Gasteiger partial charge in [0.15, 0.2) is 0 Å². The van der Waals surface area contributed by atoms with E-state index in [4.69, 9.17) is 0 Å². The molecule has 0 aliphatic heterocycles. The molecule has 1 aliphatic carbocycles. The molecule has 0 unspecified atom stereocenters. The molecule has 0 saturated carbocycles. The fourth-order valence-electron chi connectivity index (χ4n) is 1.40. The Kier molecular flexibility index (Phi) is 6.74. The molecule has 75 valence electrons. The summed E-state index contributed by atoms with van der Waals surface area (Å²) in [4.78, 5) is 0. The fraction of sp³-hybridized carbons (Fsp3) is 0.429. The Morgan fingerprint density at radius 2 is 1.64 bits per heavy atom. The molecular formula is C14H19. The van der Waals surface area contributed by atoms with Crippen LogP contribution in [0, 0.1) is 6.08 Å². The molecular weight excluding hydrogens is 168 g/mol. The zero-order valence-corrected chi connectivity index (χ0v) is 8.78. The summed E-state index contributed by atoms with van der Waals surface area (Å²) in [5, 5.41) is 0. The highest BCUT2D eigenvalue weighted by Gasteiger charge is 1.85. The van der Waals surface area contributed by atoms with Crippen molar-refractivity contribution in [1.29, 1.82) is 0 Å². The van der Waals surface area contributed by atoms with Crippen LogP contribution < -0.4 is 0 Å². The molecule has 0 spiro atoms. The third-order valence-corrected chi connectivity index (χ3v) is 2.22. The second-order valence-corrected chi connectivity index (χ2v) is 3.51. The van der Waals surface area contributed by atoms with Crippen LogP contribution >= 0.6 is 0 Å². The maximum absolute atomic E-state index is 3.12. The summed E-state index contributed by atoms with van der Waals surface area (Å²) in [6, 6.07) is 0. The van der Waals surface area contributed by atoms with Gasteiger partial charge in [-0.1, -0.05) is 49.0 Å². The molecule has 1 radical (unpaired) electrons. The Hall–Kier alpha value is -1.04. The summed E-state index contributed by atoms with van der Waals surface area (Å²) in [6.45, 7) is 0. The van der Waals surface area contributed by atoms with E-state index >= 15 is 0 Å². The fourth-order valence-corrected chi connectivity index (χ4v) is 1.40. The Labute approximate surface area is 87.7 Å². The molecule has 0 heterocycles. The second-order valence-electron chi connectivity index (χ2n) is 3.51. The van der Waals surface area contributed by atoms with Gasteiger partial charge in [0, 0.05) is 0 Å². The lowest BCUT2D eigenvalue weighted by Crippen LogP contribution is -1.75. The van der Waals surface area contributed by atoms with Gasteiger partial charge < -0.3 is 0 Å². The van der Waals surface area contributed by atoms with Gasteiger partial charge in [-0.15, -0.1) is 0 Å². The average molecular weight is 187 g/mol. The van der Waals surface area contributed by atoms with Crippen molar-refractivity contribution in [2.24, 2.45) is 0 Å². The van der Waals surface area contributed by atoms with Crippen LogP contribution in [0.1, 0.15) is 38.5 Å². The van der Waals surface area contributed by atoms with Crippen molar-refractivity contribution >= 4 is 0 Å². The van der Waals surface area contributed by atoms with Crippen LogP contribution in [0.5, 0.6) is 0 Å². The van der Waals surface area contributed by atoms with Gasteiger partial charge in [0.1, 0.15) is 0 Å². The Morgan fingerprint density at radius 3 is 2.57 bits per heavy atom. The van der Waals surface area contributed by atoms with E-state index in [2.05, 4.69) is 36.5 Å². The summed E-state index contributed by atoms with van der Waals surface area (Å²) in [7, 11) is 0. The third kappa shape index (κ3) is 6.47. The zero-order chi connectivity index (χ0) is 9.90. The first-order valence-corrected chi connectivity index (χ1v) is 5.54. The van der Waals surface area contributed by atoms with Gasteiger partial charge in [-0.25, -0.2) is 0 Å². The van der Waals surface area contributed by atoms with E-state index in [0.717, 1.165) is 6.42 Å².